The van der Waals surface area contributed by atoms with Crippen molar-refractivity contribution >= 4 is 15.7 Å². The number of ether oxygens (including phenoxy) is 1. The molecule has 106 valence electrons. The molecule has 1 aromatic rings. The van der Waals surface area contributed by atoms with E-state index in [-0.39, 0.29) is 23.8 Å². The molecule has 0 radical (unpaired) electrons. The average Bonchev–Trinajstić information content (AvgIpc) is 2.84. The van der Waals surface area contributed by atoms with E-state index in [1.54, 1.807) is 24.3 Å². The van der Waals surface area contributed by atoms with Crippen LogP contribution in [0.1, 0.15) is 20.3 Å². The van der Waals surface area contributed by atoms with E-state index < -0.39 is 10.0 Å². The maximum absolute atomic E-state index is 11.8. The second kappa shape index (κ2) is 5.02. The summed E-state index contributed by atoms with van der Waals surface area (Å²) >= 11 is 0. The third-order valence-electron chi connectivity index (χ3n) is 3.31. The largest absolute Gasteiger partial charge is 0.492 e. The Kier molecular flexibility index (Phi) is 3.73. The van der Waals surface area contributed by atoms with Crippen LogP contribution in [0.15, 0.2) is 24.3 Å². The van der Waals surface area contributed by atoms with Gasteiger partial charge in [0.15, 0.2) is 0 Å². The van der Waals surface area contributed by atoms with E-state index in [1.807, 2.05) is 13.8 Å². The highest BCUT2D eigenvalue weighted by Crippen LogP contribution is 2.44. The molecule has 0 aromatic heterocycles. The van der Waals surface area contributed by atoms with E-state index in [4.69, 9.17) is 10.5 Å². The zero-order valence-corrected chi connectivity index (χ0v) is 12.0. The molecule has 0 aliphatic heterocycles. The third-order valence-corrected chi connectivity index (χ3v) is 4.66. The molecule has 6 heteroatoms. The number of nitrogens with one attached hydrogen (secondary N) is 1. The smallest absolute Gasteiger partial charge is 0.215 e. The summed E-state index contributed by atoms with van der Waals surface area (Å²) in [5, 5.41) is 0. The van der Waals surface area contributed by atoms with Gasteiger partial charge < -0.3 is 10.5 Å². The van der Waals surface area contributed by atoms with Crippen LogP contribution in [0.2, 0.25) is 0 Å². The van der Waals surface area contributed by atoms with E-state index in [9.17, 15) is 8.42 Å². The van der Waals surface area contributed by atoms with Crippen molar-refractivity contribution in [1.29, 1.82) is 0 Å². The van der Waals surface area contributed by atoms with Gasteiger partial charge in [-0.25, -0.2) is 13.1 Å². The summed E-state index contributed by atoms with van der Waals surface area (Å²) in [4.78, 5) is 0. The van der Waals surface area contributed by atoms with Crippen LogP contribution in [0, 0.1) is 5.41 Å². The lowest BCUT2D eigenvalue weighted by Crippen LogP contribution is -2.32. The number of hydrogen-bond donors (Lipinski definition) is 2. The molecular formula is C13H20N2O3S. The van der Waals surface area contributed by atoms with Crippen molar-refractivity contribution in [3.05, 3.63) is 24.3 Å². The van der Waals surface area contributed by atoms with Crippen LogP contribution in [0.3, 0.4) is 0 Å². The second-order valence-electron chi connectivity index (χ2n) is 5.60. The van der Waals surface area contributed by atoms with Crippen molar-refractivity contribution in [3.8, 4) is 5.75 Å². The molecule has 1 atom stereocenters. The molecule has 5 nitrogen and oxygen atoms in total. The topological polar surface area (TPSA) is 81.4 Å². The molecule has 19 heavy (non-hydrogen) atoms. The standard InChI is InChI=1S/C13H20N2O3S/c1-13(2)9-12(13)15-19(16,17)7-6-18-11-5-3-4-10(14)8-11/h3-5,8,12,15H,6-7,9,14H2,1-2H3. The van der Waals surface area contributed by atoms with Crippen LogP contribution in [0.5, 0.6) is 5.75 Å². The highest BCUT2D eigenvalue weighted by Gasteiger charge is 2.47. The van der Waals surface area contributed by atoms with E-state index in [1.165, 1.54) is 0 Å². The monoisotopic (exact) mass is 284 g/mol. The number of anilines is 1. The van der Waals surface area contributed by atoms with Gasteiger partial charge >= 0.3 is 0 Å². The molecule has 1 unspecified atom stereocenters. The van der Waals surface area contributed by atoms with E-state index in [0.717, 1.165) is 6.42 Å². The lowest BCUT2D eigenvalue weighted by molar-refractivity contribution is 0.340. The van der Waals surface area contributed by atoms with E-state index >= 15 is 0 Å². The maximum atomic E-state index is 11.8. The Morgan fingerprint density at radius 2 is 2.16 bits per heavy atom. The van der Waals surface area contributed by atoms with Crippen LogP contribution < -0.4 is 15.2 Å². The summed E-state index contributed by atoms with van der Waals surface area (Å²) in [6.07, 6.45) is 0.891. The van der Waals surface area contributed by atoms with Gasteiger partial charge in [-0.2, -0.15) is 0 Å². The van der Waals surface area contributed by atoms with Gasteiger partial charge in [0.1, 0.15) is 12.4 Å². The summed E-state index contributed by atoms with van der Waals surface area (Å²) in [6, 6.07) is 7.00. The predicted octanol–water partition coefficient (Wildman–Crippen LogP) is 1.37. The molecule has 1 aliphatic carbocycles. The van der Waals surface area contributed by atoms with Crippen LogP contribution in [0.4, 0.5) is 5.69 Å². The van der Waals surface area contributed by atoms with Gasteiger partial charge in [0.2, 0.25) is 10.0 Å². The second-order valence-corrected chi connectivity index (χ2v) is 7.48. The molecule has 0 saturated heterocycles. The number of benzene rings is 1. The first kappa shape index (κ1) is 14.1. The van der Waals surface area contributed by atoms with Crippen LogP contribution >= 0.6 is 0 Å². The van der Waals surface area contributed by atoms with Crippen LogP contribution in [-0.2, 0) is 10.0 Å². The Labute approximate surface area is 114 Å². The lowest BCUT2D eigenvalue weighted by Gasteiger charge is -2.09. The number of nitrogen functional groups attached to an aromatic ring is 1. The third kappa shape index (κ3) is 4.11. The van der Waals surface area contributed by atoms with Crippen molar-refractivity contribution in [3.63, 3.8) is 0 Å². The van der Waals surface area contributed by atoms with E-state index in [0.29, 0.717) is 11.4 Å². The number of rotatable bonds is 6. The van der Waals surface area contributed by atoms with Crippen molar-refractivity contribution in [2.45, 2.75) is 26.3 Å². The fourth-order valence-corrected chi connectivity index (χ4v) is 3.07. The maximum Gasteiger partial charge on any atom is 0.215 e. The number of sulfonamides is 1. The molecule has 0 amide bonds. The fourth-order valence-electron chi connectivity index (χ4n) is 1.82. The summed E-state index contributed by atoms with van der Waals surface area (Å²) in [5.74, 6) is 0.538. The van der Waals surface area contributed by atoms with Crippen molar-refractivity contribution in [2.24, 2.45) is 5.41 Å². The molecule has 0 spiro atoms. The minimum absolute atomic E-state index is 0.0472. The molecule has 1 fully saturated rings. The quantitative estimate of drug-likeness (QED) is 0.773. The van der Waals surface area contributed by atoms with Crippen LogP contribution in [0.25, 0.3) is 0 Å². The minimum Gasteiger partial charge on any atom is -0.492 e. The Hall–Kier alpha value is -1.27. The lowest BCUT2D eigenvalue weighted by atomic mass is 10.2. The first-order chi connectivity index (χ1) is 8.78. The van der Waals surface area contributed by atoms with Crippen molar-refractivity contribution in [1.82, 2.24) is 4.72 Å². The molecule has 1 saturated carbocycles. The van der Waals surface area contributed by atoms with Gasteiger partial charge in [0.25, 0.3) is 0 Å². The minimum atomic E-state index is -3.28. The van der Waals surface area contributed by atoms with E-state index in [2.05, 4.69) is 4.72 Å². The summed E-state index contributed by atoms with van der Waals surface area (Å²) in [7, 11) is -3.28. The highest BCUT2D eigenvalue weighted by molar-refractivity contribution is 7.89. The Bertz CT molecular complexity index is 555. The normalized spacial score (nSPS) is 21.1. The summed E-state index contributed by atoms with van der Waals surface area (Å²) in [5.41, 5.74) is 6.29. The van der Waals surface area contributed by atoms with Gasteiger partial charge in [-0.1, -0.05) is 19.9 Å². The predicted molar refractivity (Wildman–Crippen MR) is 75.5 cm³/mol. The molecule has 1 aromatic carbocycles. The Morgan fingerprint density at radius 1 is 1.47 bits per heavy atom. The highest BCUT2D eigenvalue weighted by atomic mass is 32.2. The van der Waals surface area contributed by atoms with Gasteiger partial charge in [-0.05, 0) is 24.0 Å². The van der Waals surface area contributed by atoms with Crippen LogP contribution in [-0.4, -0.2) is 26.8 Å². The molecule has 3 N–H and O–H groups in total. The molecule has 2 rings (SSSR count). The zero-order valence-electron chi connectivity index (χ0n) is 11.2. The van der Waals surface area contributed by atoms with Crippen molar-refractivity contribution in [2.75, 3.05) is 18.1 Å². The Morgan fingerprint density at radius 3 is 2.74 bits per heavy atom. The number of nitrogens with two attached hydrogens (primary N) is 1. The van der Waals surface area contributed by atoms with Gasteiger partial charge in [-0.15, -0.1) is 0 Å². The van der Waals surface area contributed by atoms with Crippen molar-refractivity contribution < 1.29 is 13.2 Å². The first-order valence-corrected chi connectivity index (χ1v) is 7.92. The summed E-state index contributed by atoms with van der Waals surface area (Å²) < 4.78 is 31.7. The SMILES string of the molecule is CC1(C)CC1NS(=O)(=O)CCOc1cccc(N)c1. The average molecular weight is 284 g/mol. The van der Waals surface area contributed by atoms with Gasteiger partial charge in [-0.3, -0.25) is 0 Å². The molecule has 0 bridgehead atoms. The summed E-state index contributed by atoms with van der Waals surface area (Å²) in [6.45, 7) is 4.21. The number of hydrogen-bond acceptors (Lipinski definition) is 4. The Balaban J connectivity index is 1.79. The van der Waals surface area contributed by atoms with Gasteiger partial charge in [0.05, 0.1) is 5.75 Å². The van der Waals surface area contributed by atoms with Gasteiger partial charge in [0, 0.05) is 17.8 Å². The molecule has 1 aliphatic rings. The molecule has 0 heterocycles. The molecular weight excluding hydrogens is 264 g/mol. The fraction of sp³-hybridized carbons (Fsp3) is 0.538. The zero-order chi connectivity index (χ0) is 14.1. The first-order valence-electron chi connectivity index (χ1n) is 6.27.